The number of hydrogen-bond acceptors (Lipinski definition) is 6. The van der Waals surface area contributed by atoms with Gasteiger partial charge in [0.2, 0.25) is 11.7 Å². The summed E-state index contributed by atoms with van der Waals surface area (Å²) in [5.74, 6) is 1.33. The third kappa shape index (κ3) is 4.04. The van der Waals surface area contributed by atoms with E-state index in [0.717, 1.165) is 15.6 Å². The van der Waals surface area contributed by atoms with E-state index in [1.165, 1.54) is 11.3 Å². The molecule has 0 saturated carbocycles. The van der Waals surface area contributed by atoms with Crippen LogP contribution < -0.4 is 10.1 Å². The van der Waals surface area contributed by atoms with Gasteiger partial charge < -0.3 is 14.6 Å². The van der Waals surface area contributed by atoms with Crippen LogP contribution in [-0.4, -0.2) is 22.2 Å². The molecule has 0 aliphatic heterocycles. The fraction of sp³-hybridized carbons (Fsp3) is 0.190. The zero-order valence-electron chi connectivity index (χ0n) is 15.3. The number of benzene rings is 2. The second-order valence-electron chi connectivity index (χ2n) is 6.23. The van der Waals surface area contributed by atoms with Crippen molar-refractivity contribution in [1.82, 2.24) is 15.5 Å². The minimum atomic E-state index is -0.596. The summed E-state index contributed by atoms with van der Waals surface area (Å²) in [6.07, 6.45) is -0.0519. The maximum Gasteiger partial charge on any atom is 0.261 e. The molecule has 28 heavy (non-hydrogen) atoms. The van der Waals surface area contributed by atoms with E-state index in [4.69, 9.17) is 9.26 Å². The first-order chi connectivity index (χ1) is 13.7. The van der Waals surface area contributed by atoms with Gasteiger partial charge in [0.05, 0.1) is 11.4 Å². The van der Waals surface area contributed by atoms with Gasteiger partial charge in [-0.15, -0.1) is 11.3 Å². The number of nitrogens with one attached hydrogen (secondary N) is 1. The van der Waals surface area contributed by atoms with Crippen LogP contribution in [0.2, 0.25) is 0 Å². The number of rotatable bonds is 7. The molecule has 6 nitrogen and oxygen atoms in total. The van der Waals surface area contributed by atoms with Crippen LogP contribution in [-0.2, 0) is 11.3 Å². The van der Waals surface area contributed by atoms with Crippen molar-refractivity contribution < 1.29 is 14.1 Å². The lowest BCUT2D eigenvalue weighted by Gasteiger charge is -2.17. The summed E-state index contributed by atoms with van der Waals surface area (Å²) in [6.45, 7) is 2.07. The Labute approximate surface area is 166 Å². The number of aromatic nitrogens is 2. The van der Waals surface area contributed by atoms with E-state index in [-0.39, 0.29) is 12.5 Å². The van der Waals surface area contributed by atoms with Gasteiger partial charge in [-0.1, -0.05) is 48.5 Å². The van der Waals surface area contributed by atoms with Crippen LogP contribution >= 0.6 is 11.3 Å². The molecule has 142 valence electrons. The van der Waals surface area contributed by atoms with E-state index >= 15 is 0 Å². The molecule has 2 aromatic heterocycles. The number of hydrogen-bond donors (Lipinski definition) is 1. The molecule has 0 unspecified atom stereocenters. The summed E-state index contributed by atoms with van der Waals surface area (Å²) in [6, 6.07) is 17.7. The van der Waals surface area contributed by atoms with Crippen molar-refractivity contribution in [3.63, 3.8) is 0 Å². The Morgan fingerprint density at radius 2 is 2.04 bits per heavy atom. The third-order valence-electron chi connectivity index (χ3n) is 4.29. The third-order valence-corrected chi connectivity index (χ3v) is 5.15. The van der Waals surface area contributed by atoms with Gasteiger partial charge in [0.1, 0.15) is 5.75 Å². The first kappa shape index (κ1) is 18.2. The van der Waals surface area contributed by atoms with Crippen molar-refractivity contribution in [3.05, 3.63) is 65.9 Å². The maximum atomic E-state index is 12.5. The molecule has 7 heteroatoms. The summed E-state index contributed by atoms with van der Waals surface area (Å²) in [7, 11) is 0. The van der Waals surface area contributed by atoms with Crippen LogP contribution in [0.1, 0.15) is 19.2 Å². The molecule has 0 aliphatic rings. The van der Waals surface area contributed by atoms with Crippen molar-refractivity contribution in [3.8, 4) is 16.5 Å². The second-order valence-corrected chi connectivity index (χ2v) is 7.18. The van der Waals surface area contributed by atoms with E-state index in [2.05, 4.69) is 15.5 Å². The largest absolute Gasteiger partial charge is 0.481 e. The number of thiophene rings is 1. The van der Waals surface area contributed by atoms with Crippen LogP contribution in [0.3, 0.4) is 0 Å². The predicted molar refractivity (Wildman–Crippen MR) is 108 cm³/mol. The van der Waals surface area contributed by atoms with Crippen LogP contribution in [0, 0.1) is 0 Å². The lowest BCUT2D eigenvalue weighted by molar-refractivity contribution is -0.128. The zero-order valence-corrected chi connectivity index (χ0v) is 16.1. The Morgan fingerprint density at radius 1 is 1.18 bits per heavy atom. The number of amides is 1. The van der Waals surface area contributed by atoms with Crippen LogP contribution in [0.4, 0.5) is 0 Å². The molecular formula is C21H19N3O3S. The maximum absolute atomic E-state index is 12.5. The number of carbonyl (C=O) groups is 1. The number of ether oxygens (including phenoxy) is 1. The monoisotopic (exact) mass is 393 g/mol. The Morgan fingerprint density at radius 3 is 2.82 bits per heavy atom. The molecule has 0 radical (unpaired) electrons. The van der Waals surface area contributed by atoms with E-state index in [1.54, 1.807) is 0 Å². The molecule has 0 aliphatic carbocycles. The number of fused-ring (bicyclic) bond motifs is 1. The quantitative estimate of drug-likeness (QED) is 0.503. The Bertz CT molecular complexity index is 1080. The van der Waals surface area contributed by atoms with Gasteiger partial charge in [-0.2, -0.15) is 4.98 Å². The van der Waals surface area contributed by atoms with Crippen molar-refractivity contribution in [2.75, 3.05) is 0 Å². The number of carbonyl (C=O) groups excluding carboxylic acids is 1. The molecule has 2 aromatic carbocycles. The molecule has 2 heterocycles. The SMILES string of the molecule is CC[C@H](Oc1ccc2ccccc2c1)C(=O)NCc1nc(-c2cccs2)no1. The fourth-order valence-corrected chi connectivity index (χ4v) is 3.49. The van der Waals surface area contributed by atoms with Gasteiger partial charge in [0.15, 0.2) is 6.10 Å². The molecule has 0 bridgehead atoms. The van der Waals surface area contributed by atoms with E-state index < -0.39 is 6.10 Å². The normalized spacial score (nSPS) is 12.0. The fourth-order valence-electron chi connectivity index (χ4n) is 2.84. The van der Waals surface area contributed by atoms with Gasteiger partial charge in [0.25, 0.3) is 5.91 Å². The van der Waals surface area contributed by atoms with Gasteiger partial charge in [-0.3, -0.25) is 4.79 Å². The van der Waals surface area contributed by atoms with E-state index in [1.807, 2.05) is 66.9 Å². The Balaban J connectivity index is 1.38. The van der Waals surface area contributed by atoms with Crippen molar-refractivity contribution in [2.45, 2.75) is 26.0 Å². The summed E-state index contributed by atoms with van der Waals surface area (Å²) >= 11 is 1.53. The minimum Gasteiger partial charge on any atom is -0.481 e. The molecule has 1 amide bonds. The van der Waals surface area contributed by atoms with Gasteiger partial charge in [-0.25, -0.2) is 0 Å². The molecule has 4 rings (SSSR count). The van der Waals surface area contributed by atoms with Crippen LogP contribution in [0.15, 0.2) is 64.5 Å². The summed E-state index contributed by atoms with van der Waals surface area (Å²) in [5, 5.41) is 10.9. The predicted octanol–water partition coefficient (Wildman–Crippen LogP) is 4.43. The highest BCUT2D eigenvalue weighted by molar-refractivity contribution is 7.13. The topological polar surface area (TPSA) is 77.2 Å². The molecular weight excluding hydrogens is 374 g/mol. The zero-order chi connectivity index (χ0) is 19.3. The smallest absolute Gasteiger partial charge is 0.261 e. The summed E-state index contributed by atoms with van der Waals surface area (Å²) in [4.78, 5) is 17.8. The van der Waals surface area contributed by atoms with Crippen molar-refractivity contribution in [1.29, 1.82) is 0 Å². The highest BCUT2D eigenvalue weighted by Crippen LogP contribution is 2.23. The van der Waals surface area contributed by atoms with Gasteiger partial charge in [0, 0.05) is 0 Å². The lowest BCUT2D eigenvalue weighted by Crippen LogP contribution is -2.37. The Kier molecular flexibility index (Phi) is 5.34. The molecule has 1 atom stereocenters. The average molecular weight is 393 g/mol. The first-order valence-corrected chi connectivity index (χ1v) is 9.90. The number of nitrogens with zero attached hydrogens (tertiary/aromatic N) is 2. The van der Waals surface area contributed by atoms with Crippen LogP contribution in [0.25, 0.3) is 21.5 Å². The molecule has 0 fully saturated rings. The van der Waals surface area contributed by atoms with Crippen molar-refractivity contribution >= 4 is 28.0 Å². The second kappa shape index (κ2) is 8.22. The van der Waals surface area contributed by atoms with Crippen molar-refractivity contribution in [2.24, 2.45) is 0 Å². The first-order valence-electron chi connectivity index (χ1n) is 9.02. The summed E-state index contributed by atoms with van der Waals surface area (Å²) in [5.41, 5.74) is 0. The highest BCUT2D eigenvalue weighted by Gasteiger charge is 2.19. The minimum absolute atomic E-state index is 0.161. The lowest BCUT2D eigenvalue weighted by atomic mass is 10.1. The molecule has 0 saturated heterocycles. The van der Waals surface area contributed by atoms with E-state index in [9.17, 15) is 4.79 Å². The highest BCUT2D eigenvalue weighted by atomic mass is 32.1. The van der Waals surface area contributed by atoms with E-state index in [0.29, 0.717) is 23.9 Å². The van der Waals surface area contributed by atoms with Gasteiger partial charge >= 0.3 is 0 Å². The molecule has 0 spiro atoms. The van der Waals surface area contributed by atoms with Crippen LogP contribution in [0.5, 0.6) is 5.75 Å². The summed E-state index contributed by atoms with van der Waals surface area (Å²) < 4.78 is 11.1. The molecule has 1 N–H and O–H groups in total. The Hall–Kier alpha value is -3.19. The average Bonchev–Trinajstić information content (AvgIpc) is 3.41. The standard InChI is InChI=1S/C21H19N3O3S/c1-2-17(26-16-10-9-14-6-3-4-7-15(14)12-16)21(25)22-13-19-23-20(24-27-19)18-8-5-11-28-18/h3-12,17H,2,13H2,1H3,(H,22,25)/t17-/m0/s1. The molecule has 4 aromatic rings. The van der Waals surface area contributed by atoms with Gasteiger partial charge in [-0.05, 0) is 40.8 Å².